The fourth-order valence-corrected chi connectivity index (χ4v) is 11.1. The minimum absolute atomic E-state index is 0.0717. The van der Waals surface area contributed by atoms with E-state index in [1.807, 2.05) is 12.1 Å². The van der Waals surface area contributed by atoms with Crippen LogP contribution in [0.5, 0.6) is 0 Å². The number of nitrogens with zero attached hydrogens (tertiary/aromatic N) is 1. The van der Waals surface area contributed by atoms with E-state index in [1.165, 1.54) is 74.8 Å². The number of rotatable bonds is 1. The number of fused-ring (bicyclic) bond motifs is 15. The van der Waals surface area contributed by atoms with E-state index in [0.717, 1.165) is 16.5 Å². The number of hydrogen-bond acceptors (Lipinski definition) is 1. The third-order valence-electron chi connectivity index (χ3n) is 10.6. The fourth-order valence-electron chi connectivity index (χ4n) is 8.76. The Morgan fingerprint density at radius 3 is 1.68 bits per heavy atom. The van der Waals surface area contributed by atoms with Crippen LogP contribution >= 0.6 is 0 Å². The maximum absolute atomic E-state index is 14.1. The topological polar surface area (TPSA) is 22.0 Å². The number of para-hydroxylation sites is 2. The summed E-state index contributed by atoms with van der Waals surface area (Å²) < 4.78 is 4.76. The summed E-state index contributed by atoms with van der Waals surface area (Å²) in [6, 6.07) is 55.0. The molecule has 3 heteroatoms. The van der Waals surface area contributed by atoms with Gasteiger partial charge in [0.1, 0.15) is 0 Å². The van der Waals surface area contributed by atoms with Crippen LogP contribution in [0.1, 0.15) is 22.3 Å². The second-order valence-corrected chi connectivity index (χ2v) is 15.0. The Morgan fingerprint density at radius 2 is 0.979 bits per heavy atom. The van der Waals surface area contributed by atoms with Gasteiger partial charge < -0.3 is 0 Å². The average molecular weight is 663 g/mol. The summed E-state index contributed by atoms with van der Waals surface area (Å²) in [6.45, 7) is 0. The third kappa shape index (κ3) is 3.14. The van der Waals surface area contributed by atoms with Gasteiger partial charge >= 0.3 is 241 Å². The molecule has 47 heavy (non-hydrogen) atoms. The molecular weight excluding hydrogens is 637 g/mol. The van der Waals surface area contributed by atoms with Gasteiger partial charge in [-0.3, -0.25) is 0 Å². The van der Waals surface area contributed by atoms with Crippen molar-refractivity contribution in [1.29, 1.82) is 0 Å². The van der Waals surface area contributed by atoms with Crippen molar-refractivity contribution < 1.29 is 0 Å². The number of benzene rings is 7. The summed E-state index contributed by atoms with van der Waals surface area (Å²) in [5.74, 6) is 0. The monoisotopic (exact) mass is 663 g/mol. The number of hydrogen-bond donors (Lipinski definition) is 0. The Balaban J connectivity index is 1.25. The molecule has 0 N–H and O–H groups in total. The van der Waals surface area contributed by atoms with Gasteiger partial charge in [-0.15, -0.1) is 0 Å². The van der Waals surface area contributed by atoms with Gasteiger partial charge in [-0.2, -0.15) is 0 Å². The molecule has 0 bridgehead atoms. The summed E-state index contributed by atoms with van der Waals surface area (Å²) in [4.78, 5) is 14.1. The van der Waals surface area contributed by atoms with E-state index in [4.69, 9.17) is 0 Å². The predicted octanol–water partition coefficient (Wildman–Crippen LogP) is 9.85. The van der Waals surface area contributed by atoms with Crippen LogP contribution in [0, 0.1) is 0 Å². The Morgan fingerprint density at radius 1 is 0.426 bits per heavy atom. The first-order valence-electron chi connectivity index (χ1n) is 16.1. The van der Waals surface area contributed by atoms with Gasteiger partial charge in [0.05, 0.1) is 0 Å². The first kappa shape index (κ1) is 25.7. The molecule has 0 amide bonds. The molecule has 0 saturated carbocycles. The van der Waals surface area contributed by atoms with Gasteiger partial charge in [-0.1, -0.05) is 36.4 Å². The van der Waals surface area contributed by atoms with Crippen molar-refractivity contribution in [3.8, 4) is 27.9 Å². The van der Waals surface area contributed by atoms with Crippen LogP contribution < -0.4 is 5.43 Å². The molecule has 218 valence electrons. The van der Waals surface area contributed by atoms with Crippen molar-refractivity contribution in [2.24, 2.45) is 0 Å². The molecule has 1 atom stereocenters. The Labute approximate surface area is 276 Å². The van der Waals surface area contributed by atoms with Gasteiger partial charge in [0.2, 0.25) is 0 Å². The molecule has 0 radical (unpaired) electrons. The van der Waals surface area contributed by atoms with Crippen LogP contribution in [0.25, 0.3) is 69.0 Å². The SMILES string of the molecule is O=c1c2ccccc2[se]c2cc3c(cc12)C1(c2ccccc2-c2cc(-n4c5ccccc5c5ccccc54)ccc21)c1ccccc1-3. The maximum atomic E-state index is 14.1. The Hall–Kier alpha value is -5.47. The van der Waals surface area contributed by atoms with Crippen molar-refractivity contribution in [3.05, 3.63) is 184 Å². The molecule has 0 fully saturated rings. The second-order valence-electron chi connectivity index (χ2n) is 12.8. The normalized spacial score (nSPS) is 15.8. The van der Waals surface area contributed by atoms with Crippen molar-refractivity contribution in [2.75, 3.05) is 0 Å². The standard InChI is InChI=1S/C44H25NOSe/c46-43-31-15-5-10-20-41(31)47-42-25-33-28-12-2-7-17-36(28)44(38(33)24-34(42)43)35-16-6-1-11-27(35)32-23-26(21-22-37(32)44)45-39-18-8-3-13-29(39)30-14-4-9-19-40(30)45/h1-25H. The van der Waals surface area contributed by atoms with Crippen molar-refractivity contribution >= 4 is 55.6 Å². The van der Waals surface area contributed by atoms with Crippen LogP contribution in [0.4, 0.5) is 0 Å². The molecule has 7 aromatic carbocycles. The third-order valence-corrected chi connectivity index (χ3v) is 13.0. The van der Waals surface area contributed by atoms with Gasteiger partial charge in [-0.05, 0) is 0 Å². The molecule has 9 aromatic rings. The summed E-state index contributed by atoms with van der Waals surface area (Å²) >= 11 is 0.0717. The van der Waals surface area contributed by atoms with E-state index in [2.05, 4.69) is 144 Å². The molecule has 2 aliphatic carbocycles. The molecule has 11 rings (SSSR count). The fraction of sp³-hybridized carbons (Fsp3) is 0.0227. The summed E-state index contributed by atoms with van der Waals surface area (Å²) in [5, 5.41) is 4.24. The zero-order valence-corrected chi connectivity index (χ0v) is 26.9. The van der Waals surface area contributed by atoms with Crippen molar-refractivity contribution in [2.45, 2.75) is 5.41 Å². The molecule has 2 aliphatic rings. The van der Waals surface area contributed by atoms with E-state index in [0.29, 0.717) is 0 Å². The molecule has 1 unspecified atom stereocenters. The zero-order valence-electron chi connectivity index (χ0n) is 25.2. The number of aromatic nitrogens is 1. The van der Waals surface area contributed by atoms with Gasteiger partial charge in [0, 0.05) is 0 Å². The second kappa shape index (κ2) is 9.08. The summed E-state index contributed by atoms with van der Waals surface area (Å²) in [7, 11) is 0. The average Bonchev–Trinajstić information content (AvgIpc) is 3.72. The molecule has 2 heterocycles. The Kier molecular flexibility index (Phi) is 4.96. The minimum atomic E-state index is -0.503. The molecule has 2 nitrogen and oxygen atoms in total. The molecule has 0 saturated heterocycles. The summed E-state index contributed by atoms with van der Waals surface area (Å²) in [5.41, 5.74) is 13.3. The molecular formula is C44H25NOSe. The van der Waals surface area contributed by atoms with E-state index in [9.17, 15) is 4.79 Å². The van der Waals surface area contributed by atoms with Crippen LogP contribution in [0.15, 0.2) is 156 Å². The van der Waals surface area contributed by atoms with Crippen LogP contribution in [-0.4, -0.2) is 19.1 Å². The van der Waals surface area contributed by atoms with Gasteiger partial charge in [-0.25, -0.2) is 0 Å². The van der Waals surface area contributed by atoms with Crippen LogP contribution in [0.2, 0.25) is 0 Å². The predicted molar refractivity (Wildman–Crippen MR) is 195 cm³/mol. The van der Waals surface area contributed by atoms with Crippen LogP contribution in [0.3, 0.4) is 0 Å². The van der Waals surface area contributed by atoms with Crippen molar-refractivity contribution in [3.63, 3.8) is 0 Å². The molecule has 1 spiro atoms. The van der Waals surface area contributed by atoms with E-state index in [-0.39, 0.29) is 19.9 Å². The van der Waals surface area contributed by atoms with Gasteiger partial charge in [0.25, 0.3) is 0 Å². The first-order chi connectivity index (χ1) is 23.2. The van der Waals surface area contributed by atoms with Gasteiger partial charge in [0.15, 0.2) is 0 Å². The molecule has 2 aromatic heterocycles. The Bertz CT molecular complexity index is 2840. The zero-order chi connectivity index (χ0) is 30.9. The first-order valence-corrected chi connectivity index (χ1v) is 17.8. The summed E-state index contributed by atoms with van der Waals surface area (Å²) in [6.07, 6.45) is 0. The van der Waals surface area contributed by atoms with E-state index >= 15 is 0 Å². The van der Waals surface area contributed by atoms with E-state index < -0.39 is 5.41 Å². The van der Waals surface area contributed by atoms with E-state index in [1.54, 1.807) is 0 Å². The van der Waals surface area contributed by atoms with Crippen LogP contribution in [-0.2, 0) is 5.41 Å². The molecule has 0 aliphatic heterocycles. The quantitative estimate of drug-likeness (QED) is 0.127. The van der Waals surface area contributed by atoms with Crippen molar-refractivity contribution in [1.82, 2.24) is 4.57 Å².